The summed E-state index contributed by atoms with van der Waals surface area (Å²) in [6.45, 7) is 9.66. The number of nitrogens with one attached hydrogen (secondary N) is 1. The van der Waals surface area contributed by atoms with E-state index >= 15 is 4.39 Å². The Bertz CT molecular complexity index is 1880. The molecule has 4 atom stereocenters. The van der Waals surface area contributed by atoms with Crippen molar-refractivity contribution in [2.24, 2.45) is 5.92 Å². The Morgan fingerprint density at radius 1 is 0.821 bits per heavy atom. The van der Waals surface area contributed by atoms with E-state index in [4.69, 9.17) is 28.1 Å². The van der Waals surface area contributed by atoms with E-state index in [0.717, 1.165) is 22.8 Å². The van der Waals surface area contributed by atoms with Gasteiger partial charge in [0.05, 0.1) is 27.2 Å². The largest absolute Gasteiger partial charge is 0.497 e. The number of aryl methyl sites for hydroxylation is 1. The van der Waals surface area contributed by atoms with Crippen molar-refractivity contribution >= 4 is 21.6 Å². The lowest BCUT2D eigenvalue weighted by Gasteiger charge is -2.37. The molecule has 0 spiro atoms. The first-order valence-electron chi connectivity index (χ1n) is 18.7. The van der Waals surface area contributed by atoms with E-state index < -0.39 is 47.6 Å². The van der Waals surface area contributed by atoms with Crippen LogP contribution in [0, 0.1) is 24.5 Å². The zero-order valence-electron chi connectivity index (χ0n) is 33.2. The van der Waals surface area contributed by atoms with Crippen molar-refractivity contribution in [1.29, 1.82) is 0 Å². The molecule has 1 fully saturated rings. The SMILES string of the molecule is CNC(=O)CCC(=O)OC1[C@@H](COC(c2ccccc2)(c2ccc(OC)cc2)c2ccc(OC)cc2)O[C@H](c2cc(C)c(F)cc2F)[C@H]1O[Si]C(C)(C)C(C)C. The van der Waals surface area contributed by atoms with Crippen LogP contribution in [0.2, 0.25) is 5.04 Å². The van der Waals surface area contributed by atoms with Gasteiger partial charge in [-0.3, -0.25) is 9.59 Å². The van der Waals surface area contributed by atoms with Crippen molar-refractivity contribution in [1.82, 2.24) is 5.32 Å². The summed E-state index contributed by atoms with van der Waals surface area (Å²) in [6, 6.07) is 27.0. The molecular formula is C44H51F2NO8Si. The van der Waals surface area contributed by atoms with Crippen LogP contribution in [0.1, 0.15) is 74.5 Å². The second kappa shape index (κ2) is 18.5. The number of esters is 1. The topological polar surface area (TPSA) is 102 Å². The van der Waals surface area contributed by atoms with Crippen molar-refractivity contribution in [3.63, 3.8) is 0 Å². The highest BCUT2D eigenvalue weighted by Crippen LogP contribution is 2.45. The number of hydrogen-bond acceptors (Lipinski definition) is 8. The van der Waals surface area contributed by atoms with Gasteiger partial charge in [-0.2, -0.15) is 0 Å². The van der Waals surface area contributed by atoms with Gasteiger partial charge < -0.3 is 33.4 Å². The molecule has 1 amide bonds. The lowest BCUT2D eigenvalue weighted by atomic mass is 9.80. The Morgan fingerprint density at radius 3 is 1.93 bits per heavy atom. The Morgan fingerprint density at radius 2 is 1.39 bits per heavy atom. The van der Waals surface area contributed by atoms with E-state index in [2.05, 4.69) is 33.0 Å². The number of halogens is 2. The van der Waals surface area contributed by atoms with Crippen LogP contribution in [-0.2, 0) is 33.8 Å². The summed E-state index contributed by atoms with van der Waals surface area (Å²) in [5, 5.41) is 2.21. The fraction of sp³-hybridized carbons (Fsp3) is 0.409. The van der Waals surface area contributed by atoms with Crippen molar-refractivity contribution < 1.29 is 46.5 Å². The van der Waals surface area contributed by atoms with Gasteiger partial charge in [0, 0.05) is 25.1 Å². The lowest BCUT2D eigenvalue weighted by molar-refractivity contribution is -0.159. The maximum atomic E-state index is 15.8. The molecule has 1 aliphatic heterocycles. The first-order valence-corrected chi connectivity index (χ1v) is 19.6. The number of carbonyl (C=O) groups excluding carboxylic acids is 2. The summed E-state index contributed by atoms with van der Waals surface area (Å²) in [5.41, 5.74) is 1.33. The lowest BCUT2D eigenvalue weighted by Crippen LogP contribution is -2.43. The Hall–Kier alpha value is -4.62. The average molecular weight is 788 g/mol. The van der Waals surface area contributed by atoms with Gasteiger partial charge in [0.1, 0.15) is 47.0 Å². The number of carbonyl (C=O) groups is 2. The van der Waals surface area contributed by atoms with Gasteiger partial charge in [-0.15, -0.1) is 0 Å². The first kappa shape index (κ1) is 42.5. The molecule has 12 heteroatoms. The van der Waals surface area contributed by atoms with Crippen molar-refractivity contribution in [2.75, 3.05) is 27.9 Å². The average Bonchev–Trinajstić information content (AvgIpc) is 3.54. The molecule has 0 aliphatic carbocycles. The highest BCUT2D eigenvalue weighted by atomic mass is 28.2. The number of amides is 1. The highest BCUT2D eigenvalue weighted by molar-refractivity contribution is 6.32. The van der Waals surface area contributed by atoms with E-state index in [1.807, 2.05) is 78.9 Å². The van der Waals surface area contributed by atoms with Crippen molar-refractivity contribution in [3.05, 3.63) is 130 Å². The Balaban J connectivity index is 1.64. The van der Waals surface area contributed by atoms with Gasteiger partial charge in [-0.1, -0.05) is 82.3 Å². The molecule has 9 nitrogen and oxygen atoms in total. The predicted octanol–water partition coefficient (Wildman–Crippen LogP) is 8.04. The molecule has 4 aromatic carbocycles. The van der Waals surface area contributed by atoms with Crippen molar-refractivity contribution in [2.45, 2.75) is 82.5 Å². The van der Waals surface area contributed by atoms with Crippen LogP contribution in [-0.4, -0.2) is 67.8 Å². The maximum absolute atomic E-state index is 15.8. The summed E-state index contributed by atoms with van der Waals surface area (Å²) < 4.78 is 68.1. The predicted molar refractivity (Wildman–Crippen MR) is 210 cm³/mol. The third-order valence-electron chi connectivity index (χ3n) is 10.5. The molecule has 1 N–H and O–H groups in total. The van der Waals surface area contributed by atoms with Crippen LogP contribution in [0.25, 0.3) is 0 Å². The van der Waals surface area contributed by atoms with E-state index in [9.17, 15) is 14.0 Å². The van der Waals surface area contributed by atoms with Crippen molar-refractivity contribution in [3.8, 4) is 11.5 Å². The first-order chi connectivity index (χ1) is 26.7. The number of benzene rings is 4. The molecule has 0 saturated carbocycles. The van der Waals surface area contributed by atoms with Crippen LogP contribution in [0.4, 0.5) is 8.78 Å². The normalized spacial score (nSPS) is 18.5. The van der Waals surface area contributed by atoms with Crippen LogP contribution in [0.5, 0.6) is 11.5 Å². The molecule has 1 saturated heterocycles. The number of ether oxygens (including phenoxy) is 5. The molecule has 56 heavy (non-hydrogen) atoms. The number of hydrogen-bond donors (Lipinski definition) is 1. The van der Waals surface area contributed by atoms with Crippen LogP contribution >= 0.6 is 0 Å². The molecule has 2 radical (unpaired) electrons. The molecule has 1 aliphatic rings. The summed E-state index contributed by atoms with van der Waals surface area (Å²) in [6.07, 6.45) is -4.56. The number of methoxy groups -OCH3 is 2. The Kier molecular flexibility index (Phi) is 14.1. The Labute approximate surface area is 330 Å². The zero-order valence-corrected chi connectivity index (χ0v) is 34.2. The minimum Gasteiger partial charge on any atom is -0.497 e. The zero-order chi connectivity index (χ0) is 40.6. The summed E-state index contributed by atoms with van der Waals surface area (Å²) in [7, 11) is 4.56. The molecule has 4 aromatic rings. The van der Waals surface area contributed by atoms with Gasteiger partial charge in [-0.25, -0.2) is 8.78 Å². The summed E-state index contributed by atoms with van der Waals surface area (Å²) in [5.74, 6) is -1.00. The molecular weight excluding hydrogens is 737 g/mol. The van der Waals surface area contributed by atoms with Gasteiger partial charge in [0.15, 0.2) is 6.10 Å². The number of rotatable bonds is 17. The minimum absolute atomic E-state index is 0.0644. The molecule has 5 rings (SSSR count). The fourth-order valence-electron chi connectivity index (χ4n) is 6.45. The van der Waals surface area contributed by atoms with Gasteiger partial charge in [0.25, 0.3) is 0 Å². The third kappa shape index (κ3) is 9.49. The van der Waals surface area contributed by atoms with E-state index in [-0.39, 0.29) is 57.2 Å². The van der Waals surface area contributed by atoms with Gasteiger partial charge >= 0.3 is 5.97 Å². The molecule has 0 aromatic heterocycles. The van der Waals surface area contributed by atoms with E-state index in [0.29, 0.717) is 11.5 Å². The smallest absolute Gasteiger partial charge is 0.306 e. The van der Waals surface area contributed by atoms with E-state index in [1.165, 1.54) is 13.1 Å². The maximum Gasteiger partial charge on any atom is 0.306 e. The van der Waals surface area contributed by atoms with Gasteiger partial charge in [-0.05, 0) is 70.5 Å². The fourth-order valence-corrected chi connectivity index (χ4v) is 7.38. The monoisotopic (exact) mass is 787 g/mol. The second-order valence-corrected chi connectivity index (χ2v) is 16.5. The summed E-state index contributed by atoms with van der Waals surface area (Å²) in [4.78, 5) is 25.6. The van der Waals surface area contributed by atoms with Crippen LogP contribution < -0.4 is 14.8 Å². The molecule has 1 unspecified atom stereocenters. The molecule has 1 heterocycles. The van der Waals surface area contributed by atoms with E-state index in [1.54, 1.807) is 21.1 Å². The van der Waals surface area contributed by atoms with Gasteiger partial charge in [0.2, 0.25) is 15.7 Å². The van der Waals surface area contributed by atoms with Crippen LogP contribution in [0.15, 0.2) is 91.0 Å². The molecule has 298 valence electrons. The van der Waals surface area contributed by atoms with Crippen LogP contribution in [0.3, 0.4) is 0 Å². The second-order valence-electron chi connectivity index (χ2n) is 14.7. The minimum atomic E-state index is -1.26. The quantitative estimate of drug-likeness (QED) is 0.0653. The highest BCUT2D eigenvalue weighted by Gasteiger charge is 2.51. The summed E-state index contributed by atoms with van der Waals surface area (Å²) >= 11 is 0. The molecule has 0 bridgehead atoms. The standard InChI is InChI=1S/C44H51F2NO8Si/c1-27(2)43(4,5)56-55-42-40(34-24-28(3)35(45)25-36(34)46)53-37(41(42)54-39(49)23-22-38(48)47-6)26-52-44(29-12-10-9-11-13-29,30-14-18-32(50-7)19-15-30)31-16-20-33(51-8)21-17-31/h9-21,24-25,27,37,40-42H,22-23,26H2,1-8H3,(H,47,48)/t37-,40-,41?,42-/m1/s1. The third-order valence-corrected chi connectivity index (χ3v) is 12.0.